The number of benzene rings is 2. The van der Waals surface area contributed by atoms with Crippen LogP contribution in [0, 0.1) is 12.8 Å². The van der Waals surface area contributed by atoms with Gasteiger partial charge in [0.05, 0.1) is 35.9 Å². The van der Waals surface area contributed by atoms with Crippen LogP contribution in [-0.2, 0) is 32.8 Å². The van der Waals surface area contributed by atoms with E-state index in [0.717, 1.165) is 37.8 Å². The van der Waals surface area contributed by atoms with Crippen LogP contribution in [0.5, 0.6) is 0 Å². The Labute approximate surface area is 243 Å². The van der Waals surface area contributed by atoms with Crippen LogP contribution in [0.2, 0.25) is 0 Å². The predicted molar refractivity (Wildman–Crippen MR) is 161 cm³/mol. The second kappa shape index (κ2) is 12.0. The highest BCUT2D eigenvalue weighted by atomic mass is 32.2. The molecule has 0 radical (unpaired) electrons. The zero-order chi connectivity index (χ0) is 29.1. The number of nitrogens with one attached hydrogen (secondary N) is 1. The molecule has 0 bridgehead atoms. The summed E-state index contributed by atoms with van der Waals surface area (Å²) >= 11 is 0. The third-order valence-electron chi connectivity index (χ3n) is 8.93. The predicted octanol–water partition coefficient (Wildman–Crippen LogP) is 5.05. The SMILES string of the molecule is Cc1ncccc1NC(=O)c1ccc2c(c1)CCC[C@H]1C[C@@](O)(COCCS(C)(=O)=O)CC[C@@]21Cc1ccccc1. The molecule has 2 aliphatic rings. The normalized spacial score (nSPS) is 24.1. The summed E-state index contributed by atoms with van der Waals surface area (Å²) in [5.41, 5.74) is 4.68. The molecule has 0 spiro atoms. The fourth-order valence-electron chi connectivity index (χ4n) is 6.82. The van der Waals surface area contributed by atoms with Crippen molar-refractivity contribution in [2.45, 2.75) is 62.9 Å². The van der Waals surface area contributed by atoms with E-state index in [1.165, 1.54) is 22.9 Å². The summed E-state index contributed by atoms with van der Waals surface area (Å²) < 4.78 is 28.8. The number of aliphatic hydroxyl groups is 1. The Hall–Kier alpha value is -3.07. The van der Waals surface area contributed by atoms with Gasteiger partial charge in [0.15, 0.2) is 0 Å². The second-order valence-electron chi connectivity index (χ2n) is 12.0. The molecule has 2 N–H and O–H groups in total. The fourth-order valence-corrected chi connectivity index (χ4v) is 7.24. The number of fused-ring (bicyclic) bond motifs is 3. The Morgan fingerprint density at radius 2 is 1.93 bits per heavy atom. The van der Waals surface area contributed by atoms with Gasteiger partial charge in [-0.25, -0.2) is 8.42 Å². The number of sulfone groups is 1. The van der Waals surface area contributed by atoms with E-state index in [4.69, 9.17) is 4.74 Å². The van der Waals surface area contributed by atoms with Gasteiger partial charge in [0.2, 0.25) is 0 Å². The number of rotatable bonds is 9. The minimum absolute atomic E-state index is 0.0475. The first-order valence-electron chi connectivity index (χ1n) is 14.5. The molecule has 3 atom stereocenters. The molecule has 2 aliphatic carbocycles. The van der Waals surface area contributed by atoms with Crippen LogP contribution in [0.3, 0.4) is 0 Å². The summed E-state index contributed by atoms with van der Waals surface area (Å²) in [4.78, 5) is 17.5. The van der Waals surface area contributed by atoms with Crippen LogP contribution in [0.15, 0.2) is 66.9 Å². The summed E-state index contributed by atoms with van der Waals surface area (Å²) in [6.07, 6.45) is 8.51. The number of carbonyl (C=O) groups excluding carboxylic acids is 1. The number of hydrogen-bond donors (Lipinski definition) is 2. The van der Waals surface area contributed by atoms with E-state index in [9.17, 15) is 18.3 Å². The Morgan fingerprint density at radius 3 is 2.68 bits per heavy atom. The summed E-state index contributed by atoms with van der Waals surface area (Å²) in [7, 11) is -3.12. The van der Waals surface area contributed by atoms with Crippen molar-refractivity contribution in [2.75, 3.05) is 30.5 Å². The summed E-state index contributed by atoms with van der Waals surface area (Å²) in [5, 5.41) is 14.6. The van der Waals surface area contributed by atoms with Crippen LogP contribution in [0.4, 0.5) is 5.69 Å². The molecule has 1 fully saturated rings. The third-order valence-corrected chi connectivity index (χ3v) is 9.84. The van der Waals surface area contributed by atoms with E-state index in [1.54, 1.807) is 6.20 Å². The van der Waals surface area contributed by atoms with Gasteiger partial charge in [-0.05, 0) is 98.7 Å². The molecule has 0 saturated heterocycles. The molecule has 3 aromatic rings. The highest BCUT2D eigenvalue weighted by Crippen LogP contribution is 2.53. The van der Waals surface area contributed by atoms with Gasteiger partial charge >= 0.3 is 0 Å². The van der Waals surface area contributed by atoms with Crippen molar-refractivity contribution in [1.82, 2.24) is 4.98 Å². The van der Waals surface area contributed by atoms with Gasteiger partial charge < -0.3 is 15.2 Å². The minimum Gasteiger partial charge on any atom is -0.387 e. The monoisotopic (exact) mass is 576 g/mol. The zero-order valence-corrected chi connectivity index (χ0v) is 24.8. The van der Waals surface area contributed by atoms with Gasteiger partial charge in [-0.1, -0.05) is 36.4 Å². The van der Waals surface area contributed by atoms with E-state index in [0.29, 0.717) is 24.1 Å². The lowest BCUT2D eigenvalue weighted by molar-refractivity contribution is -0.0968. The Bertz CT molecular complexity index is 1490. The lowest BCUT2D eigenvalue weighted by atomic mass is 9.56. The van der Waals surface area contributed by atoms with Crippen molar-refractivity contribution >= 4 is 21.4 Å². The Balaban J connectivity index is 1.43. The lowest BCUT2D eigenvalue weighted by Crippen LogP contribution is -2.51. The number of anilines is 1. The molecule has 218 valence electrons. The van der Waals surface area contributed by atoms with Gasteiger partial charge in [0, 0.05) is 23.4 Å². The second-order valence-corrected chi connectivity index (χ2v) is 14.2. The van der Waals surface area contributed by atoms with E-state index >= 15 is 0 Å². The number of ether oxygens (including phenoxy) is 1. The van der Waals surface area contributed by atoms with Gasteiger partial charge in [-0.15, -0.1) is 0 Å². The molecule has 41 heavy (non-hydrogen) atoms. The van der Waals surface area contributed by atoms with Crippen LogP contribution in [-0.4, -0.2) is 55.2 Å². The van der Waals surface area contributed by atoms with Gasteiger partial charge in [-0.2, -0.15) is 0 Å². The smallest absolute Gasteiger partial charge is 0.255 e. The first-order valence-corrected chi connectivity index (χ1v) is 16.5. The third kappa shape index (κ3) is 6.88. The van der Waals surface area contributed by atoms with Gasteiger partial charge in [0.1, 0.15) is 9.84 Å². The summed E-state index contributed by atoms with van der Waals surface area (Å²) in [6, 6.07) is 20.3. The Kier molecular flexibility index (Phi) is 8.64. The molecule has 1 amide bonds. The average molecular weight is 577 g/mol. The van der Waals surface area contributed by atoms with E-state index in [2.05, 4.69) is 46.7 Å². The average Bonchev–Trinajstić information content (AvgIpc) is 3.08. The number of aromatic nitrogens is 1. The highest BCUT2D eigenvalue weighted by molar-refractivity contribution is 7.90. The number of amides is 1. The number of hydrogen-bond acceptors (Lipinski definition) is 6. The zero-order valence-electron chi connectivity index (χ0n) is 23.9. The molecular weight excluding hydrogens is 536 g/mol. The lowest BCUT2D eigenvalue weighted by Gasteiger charge is -2.50. The quantitative estimate of drug-likeness (QED) is 0.346. The standard InChI is InChI=1S/C33H40N2O5S/c1-24-30(12-7-17-34-24)35-31(36)27-13-14-29-26(20-27)10-6-11-28-22-32(37,23-40-18-19-41(2,38)39)15-16-33(28,29)21-25-8-4-3-5-9-25/h3-5,7-9,12-14,17,20,28,37H,6,10-11,15-16,18-19,21-23H2,1-2H3,(H,35,36)/t28-,32+,33-/m0/s1. The van der Waals surface area contributed by atoms with E-state index in [-0.39, 0.29) is 36.2 Å². The topological polar surface area (TPSA) is 106 Å². The first kappa shape index (κ1) is 29.4. The van der Waals surface area contributed by atoms with Gasteiger partial charge in [-0.3, -0.25) is 9.78 Å². The van der Waals surface area contributed by atoms with E-state index < -0.39 is 15.4 Å². The van der Waals surface area contributed by atoms with Crippen molar-refractivity contribution in [3.05, 3.63) is 94.8 Å². The van der Waals surface area contributed by atoms with Crippen molar-refractivity contribution in [1.29, 1.82) is 0 Å². The fraction of sp³-hybridized carbons (Fsp3) is 0.455. The largest absolute Gasteiger partial charge is 0.387 e. The molecule has 0 aliphatic heterocycles. The Morgan fingerprint density at radius 1 is 1.12 bits per heavy atom. The maximum absolute atomic E-state index is 13.2. The molecule has 0 unspecified atom stereocenters. The highest BCUT2D eigenvalue weighted by Gasteiger charge is 2.50. The summed E-state index contributed by atoms with van der Waals surface area (Å²) in [6.45, 7) is 2.11. The molecule has 8 heteroatoms. The number of aryl methyl sites for hydroxylation is 2. The van der Waals surface area contributed by atoms with Crippen molar-refractivity contribution < 1.29 is 23.1 Å². The molecule has 7 nitrogen and oxygen atoms in total. The number of nitrogens with zero attached hydrogens (tertiary/aromatic N) is 1. The van der Waals surface area contributed by atoms with Crippen LogP contribution >= 0.6 is 0 Å². The molecule has 5 rings (SSSR count). The number of pyridine rings is 1. The van der Waals surface area contributed by atoms with Crippen molar-refractivity contribution in [3.63, 3.8) is 0 Å². The van der Waals surface area contributed by atoms with Crippen molar-refractivity contribution in [2.24, 2.45) is 5.92 Å². The maximum atomic E-state index is 13.2. The molecule has 1 heterocycles. The molecule has 1 aromatic heterocycles. The van der Waals surface area contributed by atoms with Crippen LogP contribution < -0.4 is 5.32 Å². The van der Waals surface area contributed by atoms with Crippen LogP contribution in [0.1, 0.15) is 64.8 Å². The van der Waals surface area contributed by atoms with E-state index in [1.807, 2.05) is 31.2 Å². The minimum atomic E-state index is -3.12. The maximum Gasteiger partial charge on any atom is 0.255 e. The van der Waals surface area contributed by atoms with Gasteiger partial charge in [0.25, 0.3) is 5.91 Å². The van der Waals surface area contributed by atoms with Crippen LogP contribution in [0.25, 0.3) is 0 Å². The molecule has 2 aromatic carbocycles. The first-order chi connectivity index (χ1) is 19.6. The van der Waals surface area contributed by atoms with Crippen molar-refractivity contribution in [3.8, 4) is 0 Å². The summed E-state index contributed by atoms with van der Waals surface area (Å²) in [5.74, 6) is 0.0265. The number of carbonyl (C=O) groups is 1. The molecular formula is C33H40N2O5S. The molecule has 1 saturated carbocycles.